The molecule has 30 heavy (non-hydrogen) atoms. The zero-order valence-electron chi connectivity index (χ0n) is 18.0. The van der Waals surface area contributed by atoms with Crippen molar-refractivity contribution < 1.29 is 14.1 Å². The van der Waals surface area contributed by atoms with Gasteiger partial charge in [-0.2, -0.15) is 0 Å². The van der Waals surface area contributed by atoms with Gasteiger partial charge in [0, 0.05) is 11.3 Å². The van der Waals surface area contributed by atoms with Crippen LogP contribution in [0.2, 0.25) is 0 Å². The number of aliphatic hydroxyl groups is 1. The molecule has 1 aromatic carbocycles. The summed E-state index contributed by atoms with van der Waals surface area (Å²) in [6.07, 6.45) is 6.00. The van der Waals surface area contributed by atoms with Gasteiger partial charge < -0.3 is 5.11 Å². The Morgan fingerprint density at radius 3 is 2.63 bits per heavy atom. The van der Waals surface area contributed by atoms with E-state index in [4.69, 9.17) is 4.78 Å². The minimum absolute atomic E-state index is 0.127. The molecule has 0 unspecified atom stereocenters. The average molecular weight is 446 g/mol. The third-order valence-corrected chi connectivity index (χ3v) is 10.3. The van der Waals surface area contributed by atoms with E-state index in [1.807, 2.05) is 0 Å². The highest BCUT2D eigenvalue weighted by Gasteiger charge is 2.32. The highest BCUT2D eigenvalue weighted by atomic mass is 32.2. The predicted octanol–water partition coefficient (Wildman–Crippen LogP) is 5.20. The van der Waals surface area contributed by atoms with Crippen molar-refractivity contribution in [1.29, 1.82) is 4.78 Å². The lowest BCUT2D eigenvalue weighted by Gasteiger charge is -2.20. The zero-order chi connectivity index (χ0) is 21.7. The monoisotopic (exact) mass is 445 g/mol. The van der Waals surface area contributed by atoms with Gasteiger partial charge in [0.05, 0.1) is 21.1 Å². The molecule has 0 bridgehead atoms. The number of benzene rings is 1. The second-order valence-corrected chi connectivity index (χ2v) is 12.9. The predicted molar refractivity (Wildman–Crippen MR) is 122 cm³/mol. The number of hydrogen-bond donors (Lipinski definition) is 2. The van der Waals surface area contributed by atoms with Crippen LogP contribution in [-0.4, -0.2) is 20.9 Å². The number of Topliss-reactive ketones (excluding diaryl/α,β-unsaturated/α-hetero) is 1. The Morgan fingerprint density at radius 2 is 2.00 bits per heavy atom. The summed E-state index contributed by atoms with van der Waals surface area (Å²) >= 11 is 1.17. The van der Waals surface area contributed by atoms with Gasteiger partial charge in [-0.1, -0.05) is 19.1 Å². The fraction of sp³-hybridized carbons (Fsp3) is 0.542. The number of nitrogens with one attached hydrogen (secondary N) is 1. The quantitative estimate of drug-likeness (QED) is 0.586. The average Bonchev–Trinajstić information content (AvgIpc) is 3.16. The Bertz CT molecular complexity index is 1070. The van der Waals surface area contributed by atoms with Crippen molar-refractivity contribution in [3.63, 3.8) is 0 Å². The number of thiophene rings is 1. The Balaban J connectivity index is 1.57. The zero-order valence-corrected chi connectivity index (χ0v) is 19.6. The van der Waals surface area contributed by atoms with Gasteiger partial charge >= 0.3 is 0 Å². The molecule has 2 aliphatic carbocycles. The summed E-state index contributed by atoms with van der Waals surface area (Å²) in [6.45, 7) is 5.59. The maximum Gasteiger partial charge on any atom is 0.151 e. The lowest BCUT2D eigenvalue weighted by atomic mass is 9.86. The minimum atomic E-state index is -3.21. The fourth-order valence-corrected chi connectivity index (χ4v) is 7.33. The minimum Gasteiger partial charge on any atom is -0.385 e. The van der Waals surface area contributed by atoms with Gasteiger partial charge in [-0.15, -0.1) is 11.3 Å². The van der Waals surface area contributed by atoms with Crippen LogP contribution in [0.15, 0.2) is 28.5 Å². The van der Waals surface area contributed by atoms with Crippen LogP contribution in [-0.2, 0) is 39.4 Å². The number of ketones is 1. The van der Waals surface area contributed by atoms with Gasteiger partial charge in [0.25, 0.3) is 0 Å². The molecular weight excluding hydrogens is 414 g/mol. The van der Waals surface area contributed by atoms with Crippen LogP contribution < -0.4 is 0 Å². The summed E-state index contributed by atoms with van der Waals surface area (Å²) < 4.78 is 21.8. The van der Waals surface area contributed by atoms with Gasteiger partial charge in [-0.05, 0) is 92.2 Å². The van der Waals surface area contributed by atoms with E-state index in [2.05, 4.69) is 19.1 Å². The van der Waals surface area contributed by atoms with Crippen molar-refractivity contribution in [3.8, 4) is 0 Å². The number of fused-ring (bicyclic) bond motifs is 1. The van der Waals surface area contributed by atoms with E-state index in [1.165, 1.54) is 40.9 Å². The van der Waals surface area contributed by atoms with Crippen LogP contribution in [0, 0.1) is 10.7 Å². The number of rotatable bonds is 8. The maximum absolute atomic E-state index is 13.1. The maximum atomic E-state index is 13.1. The first-order valence-corrected chi connectivity index (χ1v) is 13.3. The summed E-state index contributed by atoms with van der Waals surface area (Å²) in [5.74, 6) is 0.772. The van der Waals surface area contributed by atoms with Gasteiger partial charge in [0.15, 0.2) is 5.78 Å². The van der Waals surface area contributed by atoms with Crippen molar-refractivity contribution in [3.05, 3.63) is 51.4 Å². The van der Waals surface area contributed by atoms with Crippen molar-refractivity contribution >= 4 is 26.8 Å². The Labute approximate surface area is 183 Å². The third-order valence-electron chi connectivity index (χ3n) is 6.50. The molecule has 0 saturated heterocycles. The molecule has 2 atom stereocenters. The molecular formula is C24H31NO3S2. The molecule has 6 heteroatoms. The standard InChI is InChI=1S/C24H31NO3S2/c1-15(16-7-8-16)19-10-9-17-5-4-6-20(17)21(19)13-18(26)14-30(25,28)23-12-11-22(29-23)24(2,3)27/h9-12,15-16,25,27H,4-8,13-14H2,1-3H3/t15-,30+/m1/s1. The summed E-state index contributed by atoms with van der Waals surface area (Å²) in [7, 11) is -3.21. The molecule has 1 heterocycles. The molecule has 0 amide bonds. The van der Waals surface area contributed by atoms with Crippen molar-refractivity contribution in [2.24, 2.45) is 5.92 Å². The van der Waals surface area contributed by atoms with Gasteiger partial charge in [-0.25, -0.2) is 8.99 Å². The van der Waals surface area contributed by atoms with Crippen LogP contribution in [0.1, 0.15) is 73.1 Å². The normalized spacial score (nSPS) is 19.3. The molecule has 0 aliphatic heterocycles. The van der Waals surface area contributed by atoms with Gasteiger partial charge in [0.2, 0.25) is 0 Å². The molecule has 0 radical (unpaired) electrons. The van der Waals surface area contributed by atoms with E-state index in [9.17, 15) is 14.1 Å². The van der Waals surface area contributed by atoms with Gasteiger partial charge in [-0.3, -0.25) is 4.79 Å². The van der Waals surface area contributed by atoms with Crippen LogP contribution in [0.25, 0.3) is 0 Å². The second-order valence-electron chi connectivity index (χ2n) is 9.46. The largest absolute Gasteiger partial charge is 0.385 e. The summed E-state index contributed by atoms with van der Waals surface area (Å²) in [5, 5.41) is 10.2. The van der Waals surface area contributed by atoms with Crippen molar-refractivity contribution in [2.75, 3.05) is 5.75 Å². The Hall–Kier alpha value is -1.50. The summed E-state index contributed by atoms with van der Waals surface area (Å²) in [4.78, 5) is 13.7. The van der Waals surface area contributed by atoms with Crippen LogP contribution in [0.4, 0.5) is 0 Å². The fourth-order valence-electron chi connectivity index (χ4n) is 4.62. The number of hydrogen-bond acceptors (Lipinski definition) is 5. The topological polar surface area (TPSA) is 78.2 Å². The third kappa shape index (κ3) is 4.41. The molecule has 1 saturated carbocycles. The molecule has 2 aliphatic rings. The smallest absolute Gasteiger partial charge is 0.151 e. The number of carbonyl (C=O) groups excluding carboxylic acids is 1. The van der Waals surface area contributed by atoms with Crippen molar-refractivity contribution in [1.82, 2.24) is 0 Å². The Kier molecular flexibility index (Phi) is 5.71. The highest BCUT2D eigenvalue weighted by Crippen LogP contribution is 2.44. The van der Waals surface area contributed by atoms with E-state index in [0.29, 0.717) is 20.9 Å². The number of carbonyl (C=O) groups is 1. The Morgan fingerprint density at radius 1 is 1.27 bits per heavy atom. The molecule has 1 fully saturated rings. The molecule has 2 N–H and O–H groups in total. The highest BCUT2D eigenvalue weighted by molar-refractivity contribution is 7.95. The first-order chi connectivity index (χ1) is 14.1. The molecule has 4 nitrogen and oxygen atoms in total. The van der Waals surface area contributed by atoms with E-state index >= 15 is 0 Å². The molecule has 1 aromatic heterocycles. The first kappa shape index (κ1) is 21.7. The van der Waals surface area contributed by atoms with Gasteiger partial charge in [0.1, 0.15) is 4.21 Å². The van der Waals surface area contributed by atoms with E-state index in [0.717, 1.165) is 24.8 Å². The second kappa shape index (κ2) is 7.88. The summed E-state index contributed by atoms with van der Waals surface area (Å²) in [6, 6.07) is 7.78. The lowest BCUT2D eigenvalue weighted by molar-refractivity contribution is -0.116. The van der Waals surface area contributed by atoms with E-state index in [1.54, 1.807) is 26.0 Å². The lowest BCUT2D eigenvalue weighted by Crippen LogP contribution is -2.19. The number of aryl methyl sites for hydroxylation is 1. The first-order valence-electron chi connectivity index (χ1n) is 10.8. The molecule has 162 valence electrons. The molecule has 2 aromatic rings. The molecule has 0 spiro atoms. The van der Waals surface area contributed by atoms with E-state index < -0.39 is 15.3 Å². The van der Waals surface area contributed by atoms with Crippen LogP contribution >= 0.6 is 11.3 Å². The SMILES string of the molecule is C[C@@H](c1ccc2c(c1CC(=O)C[S@](=N)(=O)c1ccc(C(C)(C)O)s1)CCC2)C1CC1. The van der Waals surface area contributed by atoms with Crippen LogP contribution in [0.3, 0.4) is 0 Å². The van der Waals surface area contributed by atoms with E-state index in [-0.39, 0.29) is 18.0 Å². The van der Waals surface area contributed by atoms with Crippen LogP contribution in [0.5, 0.6) is 0 Å². The molecule has 4 rings (SSSR count). The van der Waals surface area contributed by atoms with Crippen molar-refractivity contribution in [2.45, 2.75) is 75.0 Å². The summed E-state index contributed by atoms with van der Waals surface area (Å²) in [5.41, 5.74) is 4.06.